The number of aliphatic carboxylic acids is 1. The monoisotopic (exact) mass is 609 g/mol. The molecule has 0 rings (SSSR count). The number of carbonyl (C=O) groups is 3. The van der Waals surface area contributed by atoms with Gasteiger partial charge in [0.05, 0.1) is 40.3 Å². The van der Waals surface area contributed by atoms with Crippen molar-refractivity contribution in [2.75, 3.05) is 41.0 Å². The summed E-state index contributed by atoms with van der Waals surface area (Å²) in [6, 6.07) is -0.726. The molecule has 0 aromatic rings. The highest BCUT2D eigenvalue weighted by molar-refractivity contribution is 5.70. The molecule has 0 aromatic carbocycles. The van der Waals surface area contributed by atoms with Gasteiger partial charge < -0.3 is 28.6 Å². The average molecular weight is 610 g/mol. The summed E-state index contributed by atoms with van der Waals surface area (Å²) in [4.78, 5) is 36.3. The van der Waals surface area contributed by atoms with Gasteiger partial charge in [0.1, 0.15) is 12.6 Å². The van der Waals surface area contributed by atoms with E-state index in [1.807, 2.05) is 0 Å². The summed E-state index contributed by atoms with van der Waals surface area (Å²) in [6.07, 6.45) is 25.0. The second-order valence-electron chi connectivity index (χ2n) is 12.4. The molecule has 0 aliphatic rings. The third-order valence-corrected chi connectivity index (χ3v) is 7.31. The van der Waals surface area contributed by atoms with Crippen LogP contribution in [0.15, 0.2) is 24.3 Å². The van der Waals surface area contributed by atoms with Crippen LogP contribution < -0.4 is 5.11 Å². The van der Waals surface area contributed by atoms with Crippen molar-refractivity contribution in [1.29, 1.82) is 0 Å². The van der Waals surface area contributed by atoms with Gasteiger partial charge in [-0.25, -0.2) is 0 Å². The highest BCUT2D eigenvalue weighted by Gasteiger charge is 2.25. The van der Waals surface area contributed by atoms with Gasteiger partial charge in [-0.2, -0.15) is 0 Å². The van der Waals surface area contributed by atoms with E-state index in [1.165, 1.54) is 38.5 Å². The Morgan fingerprint density at radius 1 is 0.674 bits per heavy atom. The molecule has 0 fully saturated rings. The molecule has 0 amide bonds. The van der Waals surface area contributed by atoms with Crippen LogP contribution in [0.4, 0.5) is 0 Å². The fraction of sp³-hybridized carbons (Fsp3) is 0.800. The normalized spacial score (nSPS) is 13.4. The van der Waals surface area contributed by atoms with Gasteiger partial charge in [-0.1, -0.05) is 83.1 Å². The Labute approximate surface area is 262 Å². The Morgan fingerprint density at radius 2 is 1.21 bits per heavy atom. The van der Waals surface area contributed by atoms with Gasteiger partial charge in [-0.05, 0) is 51.4 Å². The summed E-state index contributed by atoms with van der Waals surface area (Å²) in [7, 11) is 5.37. The fourth-order valence-corrected chi connectivity index (χ4v) is 4.58. The number of nitrogens with zero attached hydrogens (tertiary/aromatic N) is 1. The molecule has 0 saturated carbocycles. The second-order valence-corrected chi connectivity index (χ2v) is 12.4. The minimum Gasteiger partial charge on any atom is -0.544 e. The minimum absolute atomic E-state index is 0.0271. The van der Waals surface area contributed by atoms with Crippen LogP contribution in [0.5, 0.6) is 0 Å². The van der Waals surface area contributed by atoms with Gasteiger partial charge >= 0.3 is 11.9 Å². The zero-order valence-electron chi connectivity index (χ0n) is 28.1. The highest BCUT2D eigenvalue weighted by Crippen LogP contribution is 2.11. The third kappa shape index (κ3) is 26.0. The van der Waals surface area contributed by atoms with Crippen molar-refractivity contribution in [3.8, 4) is 0 Å². The number of allylic oxidation sites excluding steroid dienone is 4. The number of rotatable bonds is 29. The average Bonchev–Trinajstić information content (AvgIpc) is 2.94. The van der Waals surface area contributed by atoms with E-state index < -0.39 is 18.1 Å². The zero-order valence-corrected chi connectivity index (χ0v) is 28.1. The summed E-state index contributed by atoms with van der Waals surface area (Å²) in [5.74, 6) is -1.80. The van der Waals surface area contributed by atoms with Crippen LogP contribution in [-0.2, 0) is 28.6 Å². The maximum Gasteiger partial charge on any atom is 0.306 e. The SMILES string of the molecule is CCCC/C=C/CCCCCCC(=O)OCC(COCCC(C(=O)[O-])[N+](C)(C)C)OC(=O)CCC/C=C/CCCCCC. The Balaban J connectivity index is 4.55. The number of carboxylic acid groups (broad SMARTS) is 1. The topological polar surface area (TPSA) is 102 Å². The zero-order chi connectivity index (χ0) is 32.2. The molecule has 43 heavy (non-hydrogen) atoms. The van der Waals surface area contributed by atoms with E-state index in [9.17, 15) is 19.5 Å². The molecule has 8 heteroatoms. The van der Waals surface area contributed by atoms with Crippen LogP contribution in [-0.4, -0.2) is 75.5 Å². The van der Waals surface area contributed by atoms with E-state index in [0.29, 0.717) is 12.8 Å². The Bertz CT molecular complexity index is 773. The molecule has 2 atom stereocenters. The molecule has 0 radical (unpaired) electrons. The largest absolute Gasteiger partial charge is 0.544 e. The maximum absolute atomic E-state index is 12.5. The lowest BCUT2D eigenvalue weighted by atomic mass is 10.1. The number of unbranched alkanes of at least 4 members (excludes halogenated alkanes) is 11. The molecule has 0 bridgehead atoms. The van der Waals surface area contributed by atoms with E-state index in [2.05, 4.69) is 38.2 Å². The summed E-state index contributed by atoms with van der Waals surface area (Å²) >= 11 is 0. The number of carbonyl (C=O) groups excluding carboxylic acids is 3. The van der Waals surface area contributed by atoms with Crippen molar-refractivity contribution >= 4 is 17.9 Å². The second kappa shape index (κ2) is 27.4. The Hall–Kier alpha value is -2.19. The molecule has 0 spiro atoms. The Morgan fingerprint density at radius 3 is 1.79 bits per heavy atom. The van der Waals surface area contributed by atoms with Crippen molar-refractivity contribution in [3.63, 3.8) is 0 Å². The molecule has 8 nitrogen and oxygen atoms in total. The van der Waals surface area contributed by atoms with E-state index in [4.69, 9.17) is 14.2 Å². The molecular weight excluding hydrogens is 546 g/mol. The quantitative estimate of drug-likeness (QED) is 0.0415. The van der Waals surface area contributed by atoms with Crippen LogP contribution in [0.2, 0.25) is 0 Å². The summed E-state index contributed by atoms with van der Waals surface area (Å²) < 4.78 is 16.9. The third-order valence-electron chi connectivity index (χ3n) is 7.31. The number of likely N-dealkylation sites (N-methyl/N-ethyl adjacent to an activating group) is 1. The van der Waals surface area contributed by atoms with Gasteiger partial charge in [-0.3, -0.25) is 9.59 Å². The fourth-order valence-electron chi connectivity index (χ4n) is 4.58. The van der Waals surface area contributed by atoms with Gasteiger partial charge in [0.25, 0.3) is 0 Å². The predicted molar refractivity (Wildman–Crippen MR) is 171 cm³/mol. The summed E-state index contributed by atoms with van der Waals surface area (Å²) in [5.41, 5.74) is 0. The number of esters is 2. The highest BCUT2D eigenvalue weighted by atomic mass is 16.6. The molecule has 0 heterocycles. The first-order chi connectivity index (χ1) is 20.6. The lowest BCUT2D eigenvalue weighted by molar-refractivity contribution is -0.889. The number of ether oxygens (including phenoxy) is 3. The molecule has 2 unspecified atom stereocenters. The number of hydrogen-bond donors (Lipinski definition) is 0. The van der Waals surface area contributed by atoms with Crippen LogP contribution in [0.3, 0.4) is 0 Å². The van der Waals surface area contributed by atoms with Gasteiger partial charge in [-0.15, -0.1) is 0 Å². The molecule has 0 aliphatic heterocycles. The van der Waals surface area contributed by atoms with Crippen molar-refractivity contribution in [2.24, 2.45) is 0 Å². The molecule has 250 valence electrons. The van der Waals surface area contributed by atoms with E-state index in [0.717, 1.165) is 51.4 Å². The Kier molecular flexibility index (Phi) is 26.0. The molecule has 0 aromatic heterocycles. The number of carboxylic acids is 1. The first-order valence-electron chi connectivity index (χ1n) is 16.9. The predicted octanol–water partition coefficient (Wildman–Crippen LogP) is 6.46. The van der Waals surface area contributed by atoms with E-state index in [-0.39, 0.29) is 49.1 Å². The number of hydrogen-bond acceptors (Lipinski definition) is 7. The maximum atomic E-state index is 12.5. The van der Waals surface area contributed by atoms with Gasteiger partial charge in [0.15, 0.2) is 6.10 Å². The molecule has 0 N–H and O–H groups in total. The lowest BCUT2D eigenvalue weighted by Crippen LogP contribution is -2.55. The van der Waals surface area contributed by atoms with Gasteiger partial charge in [0, 0.05) is 19.3 Å². The van der Waals surface area contributed by atoms with E-state index in [1.54, 1.807) is 21.1 Å². The molecule has 0 aliphatic carbocycles. The number of quaternary nitrogens is 1. The standard InChI is InChI=1S/C35H63NO7/c1-6-8-10-12-14-16-18-19-21-23-25-33(37)42-30-31(29-41-28-27-32(35(39)40)36(3,4)5)43-34(38)26-24-22-20-17-15-13-11-9-7-2/h12,14,17,20,31-32H,6-11,13,15-16,18-19,21-30H2,1-5H3/b14-12+,20-17+. The van der Waals surface area contributed by atoms with Crippen molar-refractivity contribution in [1.82, 2.24) is 0 Å². The van der Waals surface area contributed by atoms with Crippen molar-refractivity contribution in [2.45, 2.75) is 142 Å². The lowest BCUT2D eigenvalue weighted by Gasteiger charge is -2.34. The molecule has 0 saturated heterocycles. The van der Waals surface area contributed by atoms with Gasteiger partial charge in [0.2, 0.25) is 0 Å². The smallest absolute Gasteiger partial charge is 0.306 e. The van der Waals surface area contributed by atoms with Crippen molar-refractivity contribution in [3.05, 3.63) is 24.3 Å². The van der Waals surface area contributed by atoms with Crippen LogP contribution in [0, 0.1) is 0 Å². The first kappa shape index (κ1) is 40.8. The molecular formula is C35H63NO7. The summed E-state index contributed by atoms with van der Waals surface area (Å²) in [5, 5.41) is 11.5. The van der Waals surface area contributed by atoms with Crippen LogP contribution >= 0.6 is 0 Å². The minimum atomic E-state index is -1.13. The van der Waals surface area contributed by atoms with Crippen LogP contribution in [0.1, 0.15) is 129 Å². The van der Waals surface area contributed by atoms with Crippen molar-refractivity contribution < 1.29 is 38.2 Å². The first-order valence-corrected chi connectivity index (χ1v) is 16.9. The summed E-state index contributed by atoms with van der Waals surface area (Å²) in [6.45, 7) is 4.50. The van der Waals surface area contributed by atoms with E-state index >= 15 is 0 Å². The van der Waals surface area contributed by atoms with Crippen LogP contribution in [0.25, 0.3) is 0 Å².